The molecule has 5 rings (SSSR count). The summed E-state index contributed by atoms with van der Waals surface area (Å²) in [6.07, 6.45) is 3.44. The monoisotopic (exact) mass is 438 g/mol. The first-order chi connectivity index (χ1) is 13.2. The van der Waals surface area contributed by atoms with Crippen molar-refractivity contribution in [2.24, 2.45) is 0 Å². The first-order valence-corrected chi connectivity index (χ1v) is 9.63. The number of halogens is 1. The van der Waals surface area contributed by atoms with Crippen molar-refractivity contribution in [2.45, 2.75) is 6.92 Å². The Labute approximate surface area is 165 Å². The largest absolute Gasteiger partial charge is 0.265 e. The van der Waals surface area contributed by atoms with Crippen LogP contribution in [0.4, 0.5) is 0 Å². The number of hydrogen-bond acceptors (Lipinski definition) is 7. The van der Waals surface area contributed by atoms with Crippen molar-refractivity contribution in [3.05, 3.63) is 59.0 Å². The van der Waals surface area contributed by atoms with Crippen LogP contribution in [0.3, 0.4) is 0 Å². The second kappa shape index (κ2) is 6.32. The van der Waals surface area contributed by atoms with Gasteiger partial charge in [-0.15, -0.1) is 15.3 Å². The standard InChI is InChI=1S/C17H11BrN8S/c1-10-14(20-24-25(10)13-5-3-2-4-12(13)18)16-23-26-15(21-22-17(26)27-16)11-6-8-19-9-7-11/h2-9H,1H3. The summed E-state index contributed by atoms with van der Waals surface area (Å²) < 4.78 is 4.47. The highest BCUT2D eigenvalue weighted by molar-refractivity contribution is 9.10. The maximum atomic E-state index is 4.67. The SMILES string of the molecule is Cc1c(-c2nn3c(-c4ccncc4)nnc3s2)nnn1-c1ccccc1Br. The van der Waals surface area contributed by atoms with Crippen LogP contribution in [0, 0.1) is 6.92 Å². The zero-order valence-electron chi connectivity index (χ0n) is 14.0. The summed E-state index contributed by atoms with van der Waals surface area (Å²) in [5.74, 6) is 0.672. The van der Waals surface area contributed by atoms with Crippen LogP contribution in [0.1, 0.15) is 5.69 Å². The van der Waals surface area contributed by atoms with E-state index in [1.807, 2.05) is 43.3 Å². The fourth-order valence-corrected chi connectivity index (χ4v) is 4.10. The van der Waals surface area contributed by atoms with Crippen LogP contribution in [0.2, 0.25) is 0 Å². The summed E-state index contributed by atoms with van der Waals surface area (Å²) in [5, 5.41) is 22.5. The van der Waals surface area contributed by atoms with Gasteiger partial charge in [-0.3, -0.25) is 4.98 Å². The van der Waals surface area contributed by atoms with Crippen LogP contribution < -0.4 is 0 Å². The molecule has 0 atom stereocenters. The number of aromatic nitrogens is 8. The van der Waals surface area contributed by atoms with E-state index in [0.717, 1.165) is 32.1 Å². The molecule has 132 valence electrons. The average Bonchev–Trinajstić information content (AvgIpc) is 3.37. The molecular weight excluding hydrogens is 428 g/mol. The average molecular weight is 439 g/mol. The zero-order chi connectivity index (χ0) is 18.4. The van der Waals surface area contributed by atoms with Crippen LogP contribution >= 0.6 is 27.3 Å². The lowest BCUT2D eigenvalue weighted by Crippen LogP contribution is -2.00. The highest BCUT2D eigenvalue weighted by atomic mass is 79.9. The Morgan fingerprint density at radius 1 is 1.00 bits per heavy atom. The number of para-hydroxylation sites is 1. The molecule has 5 aromatic rings. The van der Waals surface area contributed by atoms with Crippen molar-refractivity contribution in [2.75, 3.05) is 0 Å². The fraction of sp³-hybridized carbons (Fsp3) is 0.0588. The molecule has 0 aliphatic heterocycles. The molecule has 0 spiro atoms. The van der Waals surface area contributed by atoms with E-state index in [2.05, 4.69) is 46.5 Å². The van der Waals surface area contributed by atoms with E-state index in [1.165, 1.54) is 11.3 Å². The van der Waals surface area contributed by atoms with Crippen molar-refractivity contribution in [3.63, 3.8) is 0 Å². The van der Waals surface area contributed by atoms with Crippen LogP contribution in [-0.2, 0) is 0 Å². The zero-order valence-corrected chi connectivity index (χ0v) is 16.4. The molecule has 4 heterocycles. The smallest absolute Gasteiger partial charge is 0.235 e. The maximum Gasteiger partial charge on any atom is 0.235 e. The molecule has 8 nitrogen and oxygen atoms in total. The summed E-state index contributed by atoms with van der Waals surface area (Å²) in [6.45, 7) is 1.97. The van der Waals surface area contributed by atoms with Crippen LogP contribution in [0.5, 0.6) is 0 Å². The quantitative estimate of drug-likeness (QED) is 0.427. The molecule has 0 fully saturated rings. The lowest BCUT2D eigenvalue weighted by atomic mass is 10.2. The predicted molar refractivity (Wildman–Crippen MR) is 105 cm³/mol. The van der Waals surface area contributed by atoms with Gasteiger partial charge in [0, 0.05) is 22.4 Å². The molecule has 4 aromatic heterocycles. The number of fused-ring (bicyclic) bond motifs is 1. The summed E-state index contributed by atoms with van der Waals surface area (Å²) >= 11 is 4.99. The van der Waals surface area contributed by atoms with Gasteiger partial charge in [-0.05, 0) is 47.1 Å². The van der Waals surface area contributed by atoms with Crippen LogP contribution in [-0.4, -0.2) is 39.8 Å². The molecule has 0 amide bonds. The van der Waals surface area contributed by atoms with Gasteiger partial charge < -0.3 is 0 Å². The van der Waals surface area contributed by atoms with Gasteiger partial charge in [-0.25, -0.2) is 4.68 Å². The normalized spacial score (nSPS) is 11.3. The van der Waals surface area contributed by atoms with Gasteiger partial charge in [0.2, 0.25) is 4.96 Å². The minimum Gasteiger partial charge on any atom is -0.265 e. The van der Waals surface area contributed by atoms with Crippen molar-refractivity contribution >= 4 is 32.2 Å². The molecule has 0 unspecified atom stereocenters. The van der Waals surface area contributed by atoms with Crippen molar-refractivity contribution in [1.82, 2.24) is 39.8 Å². The minimum atomic E-state index is 0.672. The molecule has 0 saturated carbocycles. The second-order valence-electron chi connectivity index (χ2n) is 5.75. The Morgan fingerprint density at radius 2 is 1.81 bits per heavy atom. The van der Waals surface area contributed by atoms with E-state index >= 15 is 0 Å². The summed E-state index contributed by atoms with van der Waals surface area (Å²) in [4.78, 5) is 4.74. The molecule has 0 radical (unpaired) electrons. The van der Waals surface area contributed by atoms with E-state index in [4.69, 9.17) is 0 Å². The molecule has 0 bridgehead atoms. The third-order valence-corrected chi connectivity index (χ3v) is 5.68. The topological polar surface area (TPSA) is 86.7 Å². The van der Waals surface area contributed by atoms with E-state index in [9.17, 15) is 0 Å². The Kier molecular flexibility index (Phi) is 3.80. The number of nitrogens with zero attached hydrogens (tertiary/aromatic N) is 8. The molecule has 10 heteroatoms. The summed E-state index contributed by atoms with van der Waals surface area (Å²) in [6, 6.07) is 11.6. The molecule has 0 aliphatic carbocycles. The molecule has 1 aromatic carbocycles. The molecule has 0 aliphatic rings. The number of rotatable bonds is 3. The lowest BCUT2D eigenvalue weighted by molar-refractivity contribution is 0.782. The van der Waals surface area contributed by atoms with E-state index in [0.29, 0.717) is 10.8 Å². The summed E-state index contributed by atoms with van der Waals surface area (Å²) in [5.41, 5.74) is 3.46. The van der Waals surface area contributed by atoms with Crippen molar-refractivity contribution < 1.29 is 0 Å². The highest BCUT2D eigenvalue weighted by Crippen LogP contribution is 2.30. The first-order valence-electron chi connectivity index (χ1n) is 8.02. The molecular formula is C17H11BrN8S. The maximum absolute atomic E-state index is 4.67. The van der Waals surface area contributed by atoms with Gasteiger partial charge >= 0.3 is 0 Å². The predicted octanol–water partition coefficient (Wildman–Crippen LogP) is 3.57. The van der Waals surface area contributed by atoms with Gasteiger partial charge in [-0.1, -0.05) is 28.7 Å². The Bertz CT molecular complexity index is 1260. The second-order valence-corrected chi connectivity index (χ2v) is 7.56. The Hall–Kier alpha value is -2.98. The van der Waals surface area contributed by atoms with Gasteiger partial charge in [0.1, 0.15) is 5.69 Å². The first kappa shape index (κ1) is 16.2. The highest BCUT2D eigenvalue weighted by Gasteiger charge is 2.20. The molecule has 0 N–H and O–H groups in total. The van der Waals surface area contributed by atoms with Gasteiger partial charge in [0.25, 0.3) is 0 Å². The fourth-order valence-electron chi connectivity index (χ4n) is 2.77. The van der Waals surface area contributed by atoms with Gasteiger partial charge in [-0.2, -0.15) is 9.61 Å². The van der Waals surface area contributed by atoms with E-state index in [-0.39, 0.29) is 0 Å². The third-order valence-electron chi connectivity index (χ3n) is 4.11. The Balaban J connectivity index is 1.61. The molecule has 0 saturated heterocycles. The number of pyridine rings is 1. The van der Waals surface area contributed by atoms with Crippen LogP contribution in [0.25, 0.3) is 32.7 Å². The van der Waals surface area contributed by atoms with Crippen molar-refractivity contribution in [1.29, 1.82) is 0 Å². The molecule has 27 heavy (non-hydrogen) atoms. The lowest BCUT2D eigenvalue weighted by Gasteiger charge is -2.05. The van der Waals surface area contributed by atoms with E-state index < -0.39 is 0 Å². The number of hydrogen-bond donors (Lipinski definition) is 0. The Morgan fingerprint density at radius 3 is 2.63 bits per heavy atom. The third kappa shape index (κ3) is 2.64. The van der Waals surface area contributed by atoms with Crippen LogP contribution in [0.15, 0.2) is 53.3 Å². The summed E-state index contributed by atoms with van der Waals surface area (Å²) in [7, 11) is 0. The number of benzene rings is 1. The van der Waals surface area contributed by atoms with Crippen molar-refractivity contribution in [3.8, 4) is 27.8 Å². The van der Waals surface area contributed by atoms with E-state index in [1.54, 1.807) is 21.6 Å². The minimum absolute atomic E-state index is 0.672. The van der Waals surface area contributed by atoms with Gasteiger partial charge in [0.05, 0.1) is 11.4 Å². The van der Waals surface area contributed by atoms with Gasteiger partial charge in [0.15, 0.2) is 10.8 Å².